The van der Waals surface area contributed by atoms with Gasteiger partial charge in [0.1, 0.15) is 0 Å². The van der Waals surface area contributed by atoms with Gasteiger partial charge in [-0.05, 0) is 45.4 Å². The lowest BCUT2D eigenvalue weighted by atomic mass is 10.1. The van der Waals surface area contributed by atoms with Crippen LogP contribution in [0.1, 0.15) is 54.4 Å². The van der Waals surface area contributed by atoms with Crippen LogP contribution in [-0.4, -0.2) is 102 Å². The molecule has 0 saturated carbocycles. The predicted molar refractivity (Wildman–Crippen MR) is 128 cm³/mol. The fraction of sp³-hybridized carbons (Fsp3) is 0.909. The number of amidine groups is 2. The van der Waals surface area contributed by atoms with Gasteiger partial charge in [-0.1, -0.05) is 13.8 Å². The van der Waals surface area contributed by atoms with E-state index >= 15 is 0 Å². The molecule has 0 aliphatic carbocycles. The Balaban J connectivity index is 1.99. The van der Waals surface area contributed by atoms with E-state index in [1.165, 1.54) is 0 Å². The van der Waals surface area contributed by atoms with E-state index in [2.05, 4.69) is 10.6 Å². The second-order valence-corrected chi connectivity index (χ2v) is 9.84. The lowest BCUT2D eigenvalue weighted by molar-refractivity contribution is -0.725. The number of hydrogen-bond acceptors (Lipinski definition) is 9. The van der Waals surface area contributed by atoms with Crippen molar-refractivity contribution < 1.29 is 29.1 Å². The Morgan fingerprint density at radius 3 is 1.74 bits per heavy atom. The van der Waals surface area contributed by atoms with Gasteiger partial charge >= 0.3 is 5.84 Å². The van der Waals surface area contributed by atoms with E-state index in [0.717, 1.165) is 12.8 Å². The highest BCUT2D eigenvalue weighted by atomic mass is 16.8. The quantitative estimate of drug-likeness (QED) is 0.0863. The fourth-order valence-corrected chi connectivity index (χ4v) is 4.04. The fourth-order valence-electron chi connectivity index (χ4n) is 4.04. The predicted octanol–water partition coefficient (Wildman–Crippen LogP) is 0.562. The van der Waals surface area contributed by atoms with Crippen molar-refractivity contribution in [3.05, 3.63) is 5.21 Å². The Kier molecular flexibility index (Phi) is 10.3. The van der Waals surface area contributed by atoms with Crippen LogP contribution in [0, 0.1) is 10.6 Å². The van der Waals surface area contributed by atoms with Gasteiger partial charge in [0.05, 0.1) is 25.4 Å². The second kappa shape index (κ2) is 12.3. The van der Waals surface area contributed by atoms with Crippen LogP contribution in [0.25, 0.3) is 0 Å². The molecule has 0 bridgehead atoms. The molecule has 4 unspecified atom stereocenters. The van der Waals surface area contributed by atoms with Crippen LogP contribution < -0.4 is 16.4 Å². The Morgan fingerprint density at radius 2 is 1.44 bits per heavy atom. The van der Waals surface area contributed by atoms with E-state index in [4.69, 9.17) is 30.1 Å². The van der Waals surface area contributed by atoms with Crippen LogP contribution in [0.4, 0.5) is 0 Å². The highest BCUT2D eigenvalue weighted by Crippen LogP contribution is 2.22. The molecule has 12 heteroatoms. The monoisotopic (exact) mass is 488 g/mol. The number of nitrogens with one attached hydrogen (secondary N) is 3. The molecular formula is C22H44N6O6. The van der Waals surface area contributed by atoms with E-state index in [1.54, 1.807) is 4.90 Å². The van der Waals surface area contributed by atoms with Crippen LogP contribution in [0.2, 0.25) is 0 Å². The number of nitrogens with zero attached hydrogens (tertiary/aromatic N) is 2. The summed E-state index contributed by atoms with van der Waals surface area (Å²) < 4.78 is 23.0. The first-order valence-corrected chi connectivity index (χ1v) is 12.1. The van der Waals surface area contributed by atoms with E-state index in [0.29, 0.717) is 39.4 Å². The van der Waals surface area contributed by atoms with Crippen molar-refractivity contribution in [2.24, 2.45) is 5.73 Å². The summed E-state index contributed by atoms with van der Waals surface area (Å²) in [6.45, 7) is 14.7. The number of rotatable bonds is 12. The van der Waals surface area contributed by atoms with Gasteiger partial charge in [-0.15, -0.1) is 0 Å². The minimum absolute atomic E-state index is 0.00382. The molecule has 0 amide bonds. The average molecular weight is 489 g/mol. The van der Waals surface area contributed by atoms with Gasteiger partial charge in [-0.25, -0.2) is 0 Å². The first-order valence-electron chi connectivity index (χ1n) is 12.1. The Bertz CT molecular complexity index is 659. The third-order valence-corrected chi connectivity index (χ3v) is 6.04. The average Bonchev–Trinajstić information content (AvgIpc) is 3.31. The molecule has 0 aromatic carbocycles. The third kappa shape index (κ3) is 8.82. The van der Waals surface area contributed by atoms with Gasteiger partial charge in [0.2, 0.25) is 5.84 Å². The van der Waals surface area contributed by atoms with Crippen LogP contribution in [0.15, 0.2) is 0 Å². The maximum atomic E-state index is 11.4. The maximum absolute atomic E-state index is 11.4. The van der Waals surface area contributed by atoms with E-state index in [9.17, 15) is 10.4 Å². The molecule has 2 aliphatic heterocycles. The van der Waals surface area contributed by atoms with Gasteiger partial charge in [0.15, 0.2) is 11.6 Å². The van der Waals surface area contributed by atoms with Gasteiger partial charge < -0.3 is 44.9 Å². The molecular weight excluding hydrogens is 444 g/mol. The molecule has 34 heavy (non-hydrogen) atoms. The highest BCUT2D eigenvalue weighted by Gasteiger charge is 2.34. The topological polar surface area (TPSA) is 160 Å². The first kappa shape index (κ1) is 28.5. The standard InChI is InChI=1S/C22H44N6O6/c1-7-15(25-9-17-13-31-21(3,4)33-17)11-27(19(23)20(24)28(29)30)12-16(8-2)26-10-18-14-32-22(5,6)34-18/h15-18,23,25-26H,7-14,24H2,1-6H3,(H,29,30). The van der Waals surface area contributed by atoms with Gasteiger partial charge in [0, 0.05) is 38.3 Å². The summed E-state index contributed by atoms with van der Waals surface area (Å²) in [5.41, 5.74) is 5.70. The van der Waals surface area contributed by atoms with Gasteiger partial charge in [-0.3, -0.25) is 11.1 Å². The lowest BCUT2D eigenvalue weighted by Gasteiger charge is -2.32. The smallest absolute Gasteiger partial charge is 0.355 e. The zero-order chi connectivity index (χ0) is 25.5. The molecule has 6 N–H and O–H groups in total. The van der Waals surface area contributed by atoms with Crippen molar-refractivity contribution in [3.63, 3.8) is 0 Å². The number of nitrogens with two attached hydrogens (primary N) is 1. The van der Waals surface area contributed by atoms with E-state index in [1.807, 2.05) is 41.5 Å². The molecule has 0 spiro atoms. The molecule has 2 fully saturated rings. The van der Waals surface area contributed by atoms with Crippen molar-refractivity contribution in [2.45, 2.75) is 90.2 Å². The zero-order valence-corrected chi connectivity index (χ0v) is 21.4. The van der Waals surface area contributed by atoms with Crippen molar-refractivity contribution in [1.29, 1.82) is 5.41 Å². The number of hydrogen-bond donors (Lipinski definition) is 5. The van der Waals surface area contributed by atoms with Crippen LogP contribution in [0.3, 0.4) is 0 Å². The normalized spacial score (nSPS) is 26.2. The Hall–Kier alpha value is -1.70. The molecule has 0 aromatic heterocycles. The van der Waals surface area contributed by atoms with Gasteiger partial charge in [-0.2, -0.15) is 0 Å². The first-order chi connectivity index (χ1) is 15.9. The summed E-state index contributed by atoms with van der Waals surface area (Å²) in [6, 6.07) is 0.00764. The van der Waals surface area contributed by atoms with Crippen molar-refractivity contribution in [3.8, 4) is 0 Å². The highest BCUT2D eigenvalue weighted by molar-refractivity contribution is 6.36. The number of ether oxygens (including phenoxy) is 4. The summed E-state index contributed by atoms with van der Waals surface area (Å²) in [4.78, 5) is 1.25. The molecule has 2 aliphatic rings. The molecule has 12 nitrogen and oxygen atoms in total. The third-order valence-electron chi connectivity index (χ3n) is 6.04. The van der Waals surface area contributed by atoms with Crippen LogP contribution in [-0.2, 0) is 18.9 Å². The summed E-state index contributed by atoms with van der Waals surface area (Å²) in [7, 11) is 0. The Morgan fingerprint density at radius 1 is 1.03 bits per heavy atom. The van der Waals surface area contributed by atoms with Crippen molar-refractivity contribution in [1.82, 2.24) is 15.5 Å². The molecule has 2 rings (SSSR count). The summed E-state index contributed by atoms with van der Waals surface area (Å²) >= 11 is 0. The van der Waals surface area contributed by atoms with E-state index < -0.39 is 22.3 Å². The molecule has 2 heterocycles. The molecule has 2 saturated heterocycles. The summed E-state index contributed by atoms with van der Waals surface area (Å²) in [6.07, 6.45) is 1.44. The SMILES string of the molecule is CCC(CN(CC(CC)NCC1COC(C)(C)O1)C(=N)/C(N)=[N+](\[O-])O)NCC1COC(C)(C)O1. The second-order valence-electron chi connectivity index (χ2n) is 9.84. The summed E-state index contributed by atoms with van der Waals surface area (Å²) in [5.74, 6) is -1.95. The molecule has 0 aromatic rings. The van der Waals surface area contributed by atoms with E-state index in [-0.39, 0.29) is 30.1 Å². The molecule has 4 atom stereocenters. The summed E-state index contributed by atoms with van der Waals surface area (Å²) in [5, 5.41) is 36.0. The van der Waals surface area contributed by atoms with Crippen LogP contribution in [0.5, 0.6) is 0 Å². The van der Waals surface area contributed by atoms with Crippen molar-refractivity contribution >= 4 is 11.7 Å². The van der Waals surface area contributed by atoms with Gasteiger partial charge in [0.25, 0.3) is 0 Å². The van der Waals surface area contributed by atoms with Crippen LogP contribution >= 0.6 is 0 Å². The minimum atomic E-state index is -0.590. The Labute approximate surface area is 202 Å². The van der Waals surface area contributed by atoms with Crippen molar-refractivity contribution in [2.75, 3.05) is 39.4 Å². The maximum Gasteiger partial charge on any atom is 0.355 e. The molecule has 198 valence electrons. The zero-order valence-electron chi connectivity index (χ0n) is 21.4. The largest absolute Gasteiger partial charge is 0.490 e. The molecule has 0 radical (unpaired) electrons. The lowest BCUT2D eigenvalue weighted by Crippen LogP contribution is -2.54. The minimum Gasteiger partial charge on any atom is -0.490 e.